The molecule has 0 aromatic heterocycles. The van der Waals surface area contributed by atoms with Crippen LogP contribution in [0.4, 0.5) is 0 Å². The van der Waals surface area contributed by atoms with Crippen molar-refractivity contribution in [3.8, 4) is 0 Å². The van der Waals surface area contributed by atoms with Crippen LogP contribution < -0.4 is 0 Å². The third-order valence-electron chi connectivity index (χ3n) is 4.53. The third-order valence-corrected chi connectivity index (χ3v) is 4.53. The Morgan fingerprint density at radius 2 is 1.88 bits per heavy atom. The molecule has 0 unspecified atom stereocenters. The number of carboxylic acid groups (broad SMARTS) is 1. The molecule has 2 bridgehead atoms. The van der Waals surface area contributed by atoms with Gasteiger partial charge in [0.05, 0.1) is 0 Å². The molecule has 1 aliphatic carbocycles. The van der Waals surface area contributed by atoms with Gasteiger partial charge in [0.1, 0.15) is 0 Å². The number of ketones is 1. The minimum Gasteiger partial charge on any atom is -0.480 e. The second-order valence-corrected chi connectivity index (χ2v) is 5.18. The van der Waals surface area contributed by atoms with Gasteiger partial charge in [-0.15, -0.1) is 0 Å². The minimum atomic E-state index is -1.57. The molecule has 2 atom stereocenters. The van der Waals surface area contributed by atoms with Crippen LogP contribution in [-0.4, -0.2) is 28.4 Å². The zero-order chi connectivity index (χ0) is 12.4. The molecule has 0 aromatic carbocycles. The largest absolute Gasteiger partial charge is 0.480 e. The molecule has 1 saturated heterocycles. The first kappa shape index (κ1) is 11.1. The lowest BCUT2D eigenvalue weighted by Gasteiger charge is -2.44. The van der Waals surface area contributed by atoms with Crippen LogP contribution >= 0.6 is 0 Å². The monoisotopic (exact) mass is 226 g/mol. The number of rotatable bonds is 1. The van der Waals surface area contributed by atoms with Crippen LogP contribution in [0.3, 0.4) is 0 Å². The van der Waals surface area contributed by atoms with Crippen molar-refractivity contribution in [3.63, 3.8) is 0 Å². The fraction of sp³-hybridized carbons (Fsp3) is 0.727. The summed E-state index contributed by atoms with van der Waals surface area (Å²) >= 11 is 0. The van der Waals surface area contributed by atoms with E-state index in [0.717, 1.165) is 0 Å². The highest BCUT2D eigenvalue weighted by Gasteiger charge is 2.76. The maximum absolute atomic E-state index is 11.8. The van der Waals surface area contributed by atoms with Crippen LogP contribution in [0, 0.1) is 10.8 Å². The number of carbonyl (C=O) groups excluding carboxylic acids is 2. The van der Waals surface area contributed by atoms with Gasteiger partial charge in [0.2, 0.25) is 0 Å². The number of Topliss-reactive ketones (excluding diaryl/α,β-unsaturated/α-hetero) is 1. The summed E-state index contributed by atoms with van der Waals surface area (Å²) in [5.41, 5.74) is -3.89. The van der Waals surface area contributed by atoms with E-state index in [0.29, 0.717) is 0 Å². The molecular formula is C11H14O5. The lowest BCUT2D eigenvalue weighted by molar-refractivity contribution is -0.165. The molecule has 88 valence electrons. The fourth-order valence-corrected chi connectivity index (χ4v) is 2.88. The predicted molar refractivity (Wildman–Crippen MR) is 52.6 cm³/mol. The van der Waals surface area contributed by atoms with Crippen LogP contribution in [-0.2, 0) is 19.1 Å². The summed E-state index contributed by atoms with van der Waals surface area (Å²) in [6.45, 7) is 4.74. The summed E-state index contributed by atoms with van der Waals surface area (Å²) in [6, 6.07) is 0. The van der Waals surface area contributed by atoms with Crippen molar-refractivity contribution < 1.29 is 24.2 Å². The fourth-order valence-electron chi connectivity index (χ4n) is 2.88. The highest BCUT2D eigenvalue weighted by molar-refractivity contribution is 6.08. The van der Waals surface area contributed by atoms with E-state index < -0.39 is 28.4 Å². The molecule has 2 rings (SSSR count). The number of carbonyl (C=O) groups is 3. The normalized spacial score (nSPS) is 40.7. The number of aliphatic carboxylic acids is 1. The molecule has 5 heteroatoms. The summed E-state index contributed by atoms with van der Waals surface area (Å²) in [7, 11) is 0. The maximum atomic E-state index is 11.8. The highest BCUT2D eigenvalue weighted by atomic mass is 16.6. The van der Waals surface area contributed by atoms with Gasteiger partial charge in [0, 0.05) is 11.8 Å². The molecule has 0 amide bonds. The van der Waals surface area contributed by atoms with Gasteiger partial charge in [-0.1, -0.05) is 13.8 Å². The zero-order valence-electron chi connectivity index (χ0n) is 9.49. The molecule has 1 heterocycles. The molecule has 16 heavy (non-hydrogen) atoms. The van der Waals surface area contributed by atoms with Crippen molar-refractivity contribution in [1.29, 1.82) is 0 Å². The first-order valence-electron chi connectivity index (χ1n) is 5.20. The van der Waals surface area contributed by atoms with E-state index in [9.17, 15) is 19.5 Å². The van der Waals surface area contributed by atoms with E-state index in [1.165, 1.54) is 6.92 Å². The molecule has 0 radical (unpaired) electrons. The van der Waals surface area contributed by atoms with Gasteiger partial charge in [-0.2, -0.15) is 0 Å². The van der Waals surface area contributed by atoms with Crippen molar-refractivity contribution in [2.24, 2.45) is 10.8 Å². The van der Waals surface area contributed by atoms with Crippen LogP contribution in [0.1, 0.15) is 33.6 Å². The summed E-state index contributed by atoms with van der Waals surface area (Å²) in [5.74, 6) is -2.17. The standard InChI is InChI=1S/C11H14O5/c1-9(2)10(3)6(12)4-5-11(9,7(13)14)8(15)16-10/h4-5H2,1-3H3,(H,13,14)/t10-,11-/m0/s1. The van der Waals surface area contributed by atoms with E-state index in [2.05, 4.69) is 0 Å². The van der Waals surface area contributed by atoms with Crippen molar-refractivity contribution in [2.75, 3.05) is 0 Å². The Balaban J connectivity index is 2.69. The van der Waals surface area contributed by atoms with Gasteiger partial charge in [-0.25, -0.2) is 0 Å². The van der Waals surface area contributed by atoms with E-state index >= 15 is 0 Å². The van der Waals surface area contributed by atoms with Gasteiger partial charge in [0.15, 0.2) is 16.8 Å². The van der Waals surface area contributed by atoms with Crippen LogP contribution in [0.25, 0.3) is 0 Å². The molecule has 0 aromatic rings. The Kier molecular flexibility index (Phi) is 1.84. The highest BCUT2D eigenvalue weighted by Crippen LogP contribution is 2.61. The number of esters is 1. The van der Waals surface area contributed by atoms with Crippen molar-refractivity contribution in [1.82, 2.24) is 0 Å². The summed E-state index contributed by atoms with van der Waals surface area (Å²) < 4.78 is 5.10. The van der Waals surface area contributed by atoms with Crippen LogP contribution in [0.5, 0.6) is 0 Å². The van der Waals surface area contributed by atoms with Gasteiger partial charge >= 0.3 is 11.9 Å². The Morgan fingerprint density at radius 3 is 2.38 bits per heavy atom. The number of carboxylic acids is 1. The molecule has 2 fully saturated rings. The quantitative estimate of drug-likeness (QED) is 0.527. The SMILES string of the molecule is CC1(C)[C@]2(C(=O)O)CCC(=O)[C@]1(C)OC2=O. The lowest BCUT2D eigenvalue weighted by atomic mass is 9.53. The number of hydrogen-bond acceptors (Lipinski definition) is 4. The second kappa shape index (κ2) is 2.64. The van der Waals surface area contributed by atoms with Gasteiger partial charge in [0.25, 0.3) is 0 Å². The molecule has 1 saturated carbocycles. The van der Waals surface area contributed by atoms with Crippen LogP contribution in [0.2, 0.25) is 0 Å². The first-order valence-corrected chi connectivity index (χ1v) is 5.20. The van der Waals surface area contributed by atoms with E-state index in [4.69, 9.17) is 4.74 Å². The number of ether oxygens (including phenoxy) is 1. The molecular weight excluding hydrogens is 212 g/mol. The van der Waals surface area contributed by atoms with Crippen molar-refractivity contribution in [2.45, 2.75) is 39.2 Å². The predicted octanol–water partition coefficient (Wildman–Crippen LogP) is 0.762. The summed E-state index contributed by atoms with van der Waals surface area (Å²) in [6.07, 6.45) is 0.112. The first-order chi connectivity index (χ1) is 7.20. The van der Waals surface area contributed by atoms with E-state index in [-0.39, 0.29) is 18.6 Å². The minimum absolute atomic E-state index is 0.0303. The van der Waals surface area contributed by atoms with Crippen molar-refractivity contribution in [3.05, 3.63) is 0 Å². The van der Waals surface area contributed by atoms with Crippen molar-refractivity contribution >= 4 is 17.7 Å². The van der Waals surface area contributed by atoms with Gasteiger partial charge in [-0.3, -0.25) is 14.4 Å². The van der Waals surface area contributed by atoms with Gasteiger partial charge in [-0.05, 0) is 13.3 Å². The molecule has 0 spiro atoms. The summed E-state index contributed by atoms with van der Waals surface area (Å²) in [4.78, 5) is 35.1. The average Bonchev–Trinajstić information content (AvgIpc) is 2.25. The Bertz CT molecular complexity index is 411. The average molecular weight is 226 g/mol. The topological polar surface area (TPSA) is 80.7 Å². The van der Waals surface area contributed by atoms with Crippen LogP contribution in [0.15, 0.2) is 0 Å². The van der Waals surface area contributed by atoms with E-state index in [1.54, 1.807) is 13.8 Å². The Morgan fingerprint density at radius 1 is 1.31 bits per heavy atom. The number of hydrogen-bond donors (Lipinski definition) is 1. The maximum Gasteiger partial charge on any atom is 0.325 e. The van der Waals surface area contributed by atoms with E-state index in [1.807, 2.05) is 0 Å². The third kappa shape index (κ3) is 0.817. The molecule has 2 aliphatic rings. The Labute approximate surface area is 92.8 Å². The molecule has 1 aliphatic heterocycles. The number of fused-ring (bicyclic) bond motifs is 2. The molecule has 5 nitrogen and oxygen atoms in total. The zero-order valence-corrected chi connectivity index (χ0v) is 9.49. The lowest BCUT2D eigenvalue weighted by Crippen LogP contribution is -2.58. The summed E-state index contributed by atoms with van der Waals surface area (Å²) in [5, 5.41) is 9.31. The smallest absolute Gasteiger partial charge is 0.325 e. The van der Waals surface area contributed by atoms with Gasteiger partial charge < -0.3 is 9.84 Å². The Hall–Kier alpha value is -1.39. The second-order valence-electron chi connectivity index (χ2n) is 5.18. The molecule has 1 N–H and O–H groups in total.